The molecule has 2 saturated heterocycles. The van der Waals surface area contributed by atoms with Crippen LogP contribution in [0.1, 0.15) is 76.8 Å². The lowest BCUT2D eigenvalue weighted by atomic mass is 9.82. The zero-order valence-corrected chi connectivity index (χ0v) is 23.6. The van der Waals surface area contributed by atoms with Crippen LogP contribution in [-0.2, 0) is 20.7 Å². The summed E-state index contributed by atoms with van der Waals surface area (Å²) in [4.78, 5) is 28.5. The highest BCUT2D eigenvalue weighted by molar-refractivity contribution is 5.80. The van der Waals surface area contributed by atoms with Crippen molar-refractivity contribution in [2.24, 2.45) is 17.8 Å². The Hall–Kier alpha value is -2.12. The Morgan fingerprint density at radius 1 is 1.24 bits per heavy atom. The number of amides is 2. The minimum Gasteiger partial charge on any atom is -0.398 e. The number of ether oxygens (including phenoxy) is 1. The molecule has 2 fully saturated rings. The lowest BCUT2D eigenvalue weighted by molar-refractivity contribution is -0.135. The maximum atomic E-state index is 13.9. The number of nitrogens with zero attached hydrogens (tertiary/aromatic N) is 1. The molecule has 1 aromatic carbocycles. The number of hydrogen-bond acceptors (Lipinski definition) is 5. The number of piperidine rings is 1. The number of nitrogen functional groups attached to an aromatic ring is 1. The topological polar surface area (TPSA) is 96.7 Å². The van der Waals surface area contributed by atoms with Gasteiger partial charge in [0.2, 0.25) is 11.8 Å². The smallest absolute Gasteiger partial charge is 0.223 e. The molecule has 2 heterocycles. The molecule has 0 spiro atoms. The molecule has 4 N–H and O–H groups in total. The average Bonchev–Trinajstić information content (AvgIpc) is 2.89. The third kappa shape index (κ3) is 8.44. The molecule has 2 aliphatic rings. The maximum absolute atomic E-state index is 13.9. The molecular weight excluding hydrogens is 464 g/mol. The van der Waals surface area contributed by atoms with Gasteiger partial charge in [0.1, 0.15) is 0 Å². The van der Waals surface area contributed by atoms with E-state index in [4.69, 9.17) is 10.5 Å². The Balaban J connectivity index is 1.71. The predicted octanol–water partition coefficient (Wildman–Crippen LogP) is 4.07. The zero-order valence-electron chi connectivity index (χ0n) is 23.6. The molecule has 7 nitrogen and oxygen atoms in total. The molecule has 0 radical (unpaired) electrons. The van der Waals surface area contributed by atoms with Crippen molar-refractivity contribution in [2.45, 2.75) is 91.1 Å². The fourth-order valence-electron chi connectivity index (χ4n) is 6.05. The quantitative estimate of drug-likeness (QED) is 0.365. The van der Waals surface area contributed by atoms with E-state index in [1.165, 1.54) is 0 Å². The van der Waals surface area contributed by atoms with Gasteiger partial charge in [-0.05, 0) is 68.5 Å². The predicted molar refractivity (Wildman–Crippen MR) is 150 cm³/mol. The zero-order chi connectivity index (χ0) is 26.8. The second kappa shape index (κ2) is 14.7. The Bertz CT molecular complexity index is 870. The molecule has 5 atom stereocenters. The summed E-state index contributed by atoms with van der Waals surface area (Å²) in [5.41, 5.74) is 9.32. The van der Waals surface area contributed by atoms with Crippen LogP contribution in [0, 0.1) is 24.7 Å². The van der Waals surface area contributed by atoms with Gasteiger partial charge in [-0.1, -0.05) is 51.8 Å². The summed E-state index contributed by atoms with van der Waals surface area (Å²) in [6.07, 6.45) is 7.10. The molecule has 2 amide bonds. The fourth-order valence-corrected chi connectivity index (χ4v) is 6.05. The Morgan fingerprint density at radius 2 is 2.00 bits per heavy atom. The highest BCUT2D eigenvalue weighted by Crippen LogP contribution is 2.28. The van der Waals surface area contributed by atoms with Crippen molar-refractivity contribution in [3.05, 3.63) is 29.3 Å². The normalized spacial score (nSPS) is 22.8. The largest absolute Gasteiger partial charge is 0.398 e. The van der Waals surface area contributed by atoms with E-state index in [-0.39, 0.29) is 35.7 Å². The Morgan fingerprint density at radius 3 is 2.70 bits per heavy atom. The summed E-state index contributed by atoms with van der Waals surface area (Å²) in [6.45, 7) is 12.2. The molecule has 1 aromatic rings. The summed E-state index contributed by atoms with van der Waals surface area (Å²) in [5.74, 6) is 0.909. The fraction of sp³-hybridized carbons (Fsp3) is 0.733. The van der Waals surface area contributed by atoms with Gasteiger partial charge in [-0.2, -0.15) is 0 Å². The van der Waals surface area contributed by atoms with E-state index in [1.807, 2.05) is 24.0 Å². The maximum Gasteiger partial charge on any atom is 0.223 e. The molecular formula is C30H50N4O3. The lowest BCUT2D eigenvalue weighted by Crippen LogP contribution is -2.56. The number of aryl methyl sites for hydroxylation is 1. The van der Waals surface area contributed by atoms with E-state index in [1.54, 1.807) is 0 Å². The van der Waals surface area contributed by atoms with Gasteiger partial charge in [-0.3, -0.25) is 9.59 Å². The average molecular weight is 515 g/mol. The van der Waals surface area contributed by atoms with Crippen molar-refractivity contribution < 1.29 is 14.3 Å². The number of benzene rings is 1. The van der Waals surface area contributed by atoms with Crippen LogP contribution in [0.3, 0.4) is 0 Å². The third-order valence-electron chi connectivity index (χ3n) is 8.48. The summed E-state index contributed by atoms with van der Waals surface area (Å²) >= 11 is 0. The second-order valence-electron chi connectivity index (χ2n) is 11.3. The highest BCUT2D eigenvalue weighted by atomic mass is 16.5. The van der Waals surface area contributed by atoms with Gasteiger partial charge in [0.25, 0.3) is 0 Å². The molecule has 2 aliphatic heterocycles. The second-order valence-corrected chi connectivity index (χ2v) is 11.3. The number of nitrogens with one attached hydrogen (secondary N) is 2. The van der Waals surface area contributed by atoms with Crippen LogP contribution in [0.4, 0.5) is 5.69 Å². The lowest BCUT2D eigenvalue weighted by Gasteiger charge is -2.38. The number of carbonyl (C=O) groups excluding carboxylic acids is 2. The summed E-state index contributed by atoms with van der Waals surface area (Å²) in [5, 5.41) is 7.17. The van der Waals surface area contributed by atoms with Gasteiger partial charge < -0.3 is 26.0 Å². The Kier molecular flexibility index (Phi) is 11.7. The van der Waals surface area contributed by atoms with Crippen LogP contribution in [-0.4, -0.2) is 61.6 Å². The van der Waals surface area contributed by atoms with Gasteiger partial charge in [-0.15, -0.1) is 0 Å². The van der Waals surface area contributed by atoms with Gasteiger partial charge in [0.05, 0.1) is 13.2 Å². The monoisotopic (exact) mass is 514 g/mol. The van der Waals surface area contributed by atoms with Gasteiger partial charge in [0, 0.05) is 43.2 Å². The number of morpholine rings is 1. The minimum absolute atomic E-state index is 0.00599. The third-order valence-corrected chi connectivity index (χ3v) is 8.48. The number of nitrogens with two attached hydrogens (primary N) is 1. The molecule has 0 aliphatic carbocycles. The molecule has 0 saturated carbocycles. The number of rotatable bonds is 12. The molecule has 208 valence electrons. The van der Waals surface area contributed by atoms with E-state index in [0.717, 1.165) is 61.9 Å². The summed E-state index contributed by atoms with van der Waals surface area (Å²) in [6, 6.07) is 6.34. The van der Waals surface area contributed by atoms with E-state index in [9.17, 15) is 9.59 Å². The van der Waals surface area contributed by atoms with Crippen LogP contribution < -0.4 is 16.4 Å². The molecule has 0 bridgehead atoms. The van der Waals surface area contributed by atoms with Crippen LogP contribution in [0.5, 0.6) is 0 Å². The molecule has 3 rings (SSSR count). The number of para-hydroxylation sites is 1. The van der Waals surface area contributed by atoms with Crippen LogP contribution >= 0.6 is 0 Å². The van der Waals surface area contributed by atoms with Crippen molar-refractivity contribution in [3.8, 4) is 0 Å². The van der Waals surface area contributed by atoms with Crippen molar-refractivity contribution in [3.63, 3.8) is 0 Å². The van der Waals surface area contributed by atoms with Crippen molar-refractivity contribution in [1.82, 2.24) is 15.5 Å². The van der Waals surface area contributed by atoms with Crippen LogP contribution in [0.25, 0.3) is 0 Å². The van der Waals surface area contributed by atoms with E-state index >= 15 is 0 Å². The van der Waals surface area contributed by atoms with Crippen molar-refractivity contribution >= 4 is 17.5 Å². The summed E-state index contributed by atoms with van der Waals surface area (Å²) < 4.78 is 5.39. The van der Waals surface area contributed by atoms with E-state index in [2.05, 4.69) is 37.5 Å². The molecule has 5 unspecified atom stereocenters. The number of anilines is 1. The highest BCUT2D eigenvalue weighted by Gasteiger charge is 2.33. The first-order chi connectivity index (χ1) is 17.8. The SMILES string of the molecule is CCCC(C)C(Cc1cccc(C)c1N)C(=O)NC(CCCC(=O)N1CCOCC1)C1NCCCC1C. The standard InChI is InChI=1S/C30H50N4O3/c1-5-9-21(2)25(20-24-12-6-10-22(3)28(24)31)30(36)33-26(29-23(4)11-8-15-32-29)13-7-14-27(35)34-16-18-37-19-17-34/h6,10,12,21,23,25-26,29,32H,5,7-9,11,13-20,31H2,1-4H3,(H,33,36). The summed E-state index contributed by atoms with van der Waals surface area (Å²) in [7, 11) is 0. The van der Waals surface area contributed by atoms with Gasteiger partial charge >= 0.3 is 0 Å². The van der Waals surface area contributed by atoms with E-state index in [0.29, 0.717) is 45.1 Å². The first-order valence-corrected chi connectivity index (χ1v) is 14.5. The first kappa shape index (κ1) is 29.4. The first-order valence-electron chi connectivity index (χ1n) is 14.5. The van der Waals surface area contributed by atoms with Crippen LogP contribution in [0.15, 0.2) is 18.2 Å². The number of hydrogen-bond donors (Lipinski definition) is 3. The number of carbonyl (C=O) groups is 2. The van der Waals surface area contributed by atoms with Crippen molar-refractivity contribution in [2.75, 3.05) is 38.6 Å². The van der Waals surface area contributed by atoms with E-state index < -0.39 is 0 Å². The molecule has 0 aromatic heterocycles. The molecule has 7 heteroatoms. The minimum atomic E-state index is -0.138. The Labute approximate surface area is 224 Å². The van der Waals surface area contributed by atoms with Crippen LogP contribution in [0.2, 0.25) is 0 Å². The van der Waals surface area contributed by atoms with Crippen molar-refractivity contribution in [1.29, 1.82) is 0 Å². The van der Waals surface area contributed by atoms with Gasteiger partial charge in [-0.25, -0.2) is 0 Å². The molecule has 37 heavy (non-hydrogen) atoms. The van der Waals surface area contributed by atoms with Gasteiger partial charge in [0.15, 0.2) is 0 Å².